The molecule has 1 aliphatic carbocycles. The van der Waals surface area contributed by atoms with E-state index >= 15 is 0 Å². The van der Waals surface area contributed by atoms with Crippen molar-refractivity contribution in [2.75, 3.05) is 4.90 Å². The lowest BCUT2D eigenvalue weighted by atomic mass is 9.81. The van der Waals surface area contributed by atoms with Crippen molar-refractivity contribution in [3.8, 4) is 33.4 Å². The van der Waals surface area contributed by atoms with Crippen LogP contribution in [0.5, 0.6) is 0 Å². The molecule has 2 heterocycles. The van der Waals surface area contributed by atoms with Crippen LogP contribution >= 0.6 is 0 Å². The number of rotatable bonds is 5. The maximum Gasteiger partial charge on any atom is 0.143 e. The Morgan fingerprint density at radius 2 is 0.887 bits per heavy atom. The van der Waals surface area contributed by atoms with Crippen molar-refractivity contribution < 1.29 is 8.83 Å². The van der Waals surface area contributed by atoms with Crippen LogP contribution in [0.1, 0.15) is 25.0 Å². The van der Waals surface area contributed by atoms with Gasteiger partial charge in [0.2, 0.25) is 0 Å². The molecule has 10 aromatic carbocycles. The summed E-state index contributed by atoms with van der Waals surface area (Å²) in [6.07, 6.45) is 0. The van der Waals surface area contributed by atoms with Crippen LogP contribution in [0.15, 0.2) is 209 Å². The van der Waals surface area contributed by atoms with Crippen molar-refractivity contribution in [2.24, 2.45) is 0 Å². The van der Waals surface area contributed by atoms with Gasteiger partial charge in [0.25, 0.3) is 0 Å². The van der Waals surface area contributed by atoms with Crippen molar-refractivity contribution in [2.45, 2.75) is 19.3 Å². The number of fused-ring (bicyclic) bond motifs is 13. The molecule has 0 spiro atoms. The molecule has 1 aliphatic rings. The first-order valence-electron chi connectivity index (χ1n) is 21.4. The van der Waals surface area contributed by atoms with Gasteiger partial charge in [0.05, 0.1) is 11.4 Å². The molecule has 0 saturated carbocycles. The third-order valence-electron chi connectivity index (χ3n) is 13.4. The van der Waals surface area contributed by atoms with Crippen molar-refractivity contribution >= 4 is 82.5 Å². The first-order chi connectivity index (χ1) is 30.5. The summed E-state index contributed by atoms with van der Waals surface area (Å²) in [5, 5.41) is 9.10. The quantitative estimate of drug-likeness (QED) is 0.174. The topological polar surface area (TPSA) is 29.5 Å². The summed E-state index contributed by atoms with van der Waals surface area (Å²) in [5.41, 5.74) is 16.5. The summed E-state index contributed by atoms with van der Waals surface area (Å²) < 4.78 is 13.3. The molecule has 3 heteroatoms. The number of nitrogens with zero attached hydrogens (tertiary/aromatic N) is 1. The number of hydrogen-bond donors (Lipinski definition) is 0. The average molecular weight is 794 g/mol. The molecule has 0 N–H and O–H groups in total. The van der Waals surface area contributed by atoms with Crippen molar-refractivity contribution in [1.29, 1.82) is 0 Å². The van der Waals surface area contributed by atoms with E-state index in [-0.39, 0.29) is 5.41 Å². The van der Waals surface area contributed by atoms with E-state index < -0.39 is 0 Å². The number of hydrogen-bond acceptors (Lipinski definition) is 3. The lowest BCUT2D eigenvalue weighted by molar-refractivity contribution is 0.661. The number of anilines is 3. The van der Waals surface area contributed by atoms with E-state index in [0.29, 0.717) is 0 Å². The molecule has 0 saturated heterocycles. The second-order valence-electron chi connectivity index (χ2n) is 17.2. The molecule has 0 aliphatic heterocycles. The molecule has 3 nitrogen and oxygen atoms in total. The van der Waals surface area contributed by atoms with Gasteiger partial charge < -0.3 is 13.7 Å². The van der Waals surface area contributed by atoms with Crippen LogP contribution < -0.4 is 4.90 Å². The Balaban J connectivity index is 1.04. The predicted molar refractivity (Wildman–Crippen MR) is 259 cm³/mol. The van der Waals surface area contributed by atoms with Gasteiger partial charge in [-0.3, -0.25) is 0 Å². The summed E-state index contributed by atoms with van der Waals surface area (Å²) in [6, 6.07) is 72.4. The van der Waals surface area contributed by atoms with E-state index in [2.05, 4.69) is 219 Å². The van der Waals surface area contributed by atoms with E-state index in [1.807, 2.05) is 0 Å². The fourth-order valence-electron chi connectivity index (χ4n) is 10.7. The lowest BCUT2D eigenvalue weighted by Crippen LogP contribution is -2.21. The fraction of sp³-hybridized carbons (Fsp3) is 0.0508. The number of benzene rings is 10. The van der Waals surface area contributed by atoms with E-state index in [1.54, 1.807) is 0 Å². The number of para-hydroxylation sites is 1. The summed E-state index contributed by atoms with van der Waals surface area (Å²) in [7, 11) is 0. The van der Waals surface area contributed by atoms with Crippen molar-refractivity contribution in [1.82, 2.24) is 0 Å². The molecule has 0 bridgehead atoms. The Hall–Kier alpha value is -7.88. The van der Waals surface area contributed by atoms with Gasteiger partial charge in [-0.2, -0.15) is 0 Å². The smallest absolute Gasteiger partial charge is 0.143 e. The second kappa shape index (κ2) is 13.1. The van der Waals surface area contributed by atoms with E-state index in [0.717, 1.165) is 94.0 Å². The largest absolute Gasteiger partial charge is 0.455 e. The van der Waals surface area contributed by atoms with Crippen molar-refractivity contribution in [3.63, 3.8) is 0 Å². The van der Waals surface area contributed by atoms with Crippen LogP contribution in [0.2, 0.25) is 0 Å². The molecule has 292 valence electrons. The summed E-state index contributed by atoms with van der Waals surface area (Å²) >= 11 is 0. The molecule has 12 aromatic rings. The Labute approximate surface area is 358 Å². The van der Waals surface area contributed by atoms with Gasteiger partial charge in [0.1, 0.15) is 22.3 Å². The summed E-state index contributed by atoms with van der Waals surface area (Å²) in [6.45, 7) is 4.74. The molecule has 13 rings (SSSR count). The lowest BCUT2D eigenvalue weighted by Gasteiger charge is -2.33. The summed E-state index contributed by atoms with van der Waals surface area (Å²) in [5.74, 6) is 0. The maximum atomic E-state index is 6.73. The van der Waals surface area contributed by atoms with E-state index in [1.165, 1.54) is 33.0 Å². The second-order valence-corrected chi connectivity index (χ2v) is 17.2. The molecule has 0 radical (unpaired) electrons. The van der Waals surface area contributed by atoms with E-state index in [4.69, 9.17) is 8.83 Å². The Morgan fingerprint density at radius 1 is 0.371 bits per heavy atom. The van der Waals surface area contributed by atoms with Gasteiger partial charge in [-0.1, -0.05) is 166 Å². The standard InChI is InChI=1S/C59H39NO2/c1-59(2)49-23-9-7-18-43(49)46-22-11-25-51(56(46)59)60(39-32-28-38(29-33-39)40-20-12-26-52-54(40)47-34-30-36-14-3-5-16-41(36)57(47)61-52)50-24-10-8-19-44(50)45-21-13-27-53-55(45)48-35-31-37-15-4-6-17-42(37)58(48)62-53/h3-35H,1-2H3. The number of furan rings is 2. The third kappa shape index (κ3) is 4.94. The zero-order valence-corrected chi connectivity index (χ0v) is 34.3. The Kier molecular flexibility index (Phi) is 7.36. The van der Waals surface area contributed by atoms with Crippen LogP contribution in [-0.4, -0.2) is 0 Å². The van der Waals surface area contributed by atoms with Crippen LogP contribution in [0, 0.1) is 0 Å². The van der Waals surface area contributed by atoms with Gasteiger partial charge in [-0.15, -0.1) is 0 Å². The Bertz CT molecular complexity index is 3790. The first-order valence-corrected chi connectivity index (χ1v) is 21.4. The monoisotopic (exact) mass is 793 g/mol. The molecule has 0 amide bonds. The fourth-order valence-corrected chi connectivity index (χ4v) is 10.7. The van der Waals surface area contributed by atoms with Crippen LogP contribution in [0.4, 0.5) is 17.1 Å². The molecular formula is C59H39NO2. The minimum atomic E-state index is -0.236. The van der Waals surface area contributed by atoms with Crippen LogP contribution in [0.25, 0.3) is 98.8 Å². The highest BCUT2D eigenvalue weighted by molar-refractivity contribution is 6.21. The molecule has 2 aromatic heterocycles. The van der Waals surface area contributed by atoms with Crippen LogP contribution in [0.3, 0.4) is 0 Å². The van der Waals surface area contributed by atoms with Crippen LogP contribution in [-0.2, 0) is 5.41 Å². The van der Waals surface area contributed by atoms with Gasteiger partial charge >= 0.3 is 0 Å². The van der Waals surface area contributed by atoms with Crippen molar-refractivity contribution in [3.05, 3.63) is 211 Å². The normalized spacial score (nSPS) is 13.1. The molecule has 0 unspecified atom stereocenters. The predicted octanol–water partition coefficient (Wildman–Crippen LogP) is 16.9. The third-order valence-corrected chi connectivity index (χ3v) is 13.4. The maximum absolute atomic E-state index is 6.73. The highest BCUT2D eigenvalue weighted by atomic mass is 16.3. The highest BCUT2D eigenvalue weighted by Gasteiger charge is 2.39. The van der Waals surface area contributed by atoms with Gasteiger partial charge in [-0.05, 0) is 98.2 Å². The summed E-state index contributed by atoms with van der Waals surface area (Å²) in [4.78, 5) is 2.49. The molecule has 0 fully saturated rings. The molecular weight excluding hydrogens is 755 g/mol. The molecule has 62 heavy (non-hydrogen) atoms. The first kappa shape index (κ1) is 34.9. The minimum Gasteiger partial charge on any atom is -0.455 e. The zero-order valence-electron chi connectivity index (χ0n) is 34.3. The highest BCUT2D eigenvalue weighted by Crippen LogP contribution is 2.55. The average Bonchev–Trinajstić information content (AvgIpc) is 3.98. The Morgan fingerprint density at radius 3 is 1.58 bits per heavy atom. The van der Waals surface area contributed by atoms with Gasteiger partial charge in [-0.25, -0.2) is 0 Å². The van der Waals surface area contributed by atoms with Gasteiger partial charge in [0.15, 0.2) is 0 Å². The zero-order chi connectivity index (χ0) is 41.1. The SMILES string of the molecule is CC1(C)c2ccccc2-c2cccc(N(c3ccc(-c4cccc5oc6c7ccccc7ccc6c45)cc3)c3ccccc3-c3cccc4oc5c6ccccc6ccc5c34)c21. The minimum absolute atomic E-state index is 0.236. The van der Waals surface area contributed by atoms with Gasteiger partial charge in [0, 0.05) is 49.0 Å². The van der Waals surface area contributed by atoms with E-state index in [9.17, 15) is 0 Å². The molecule has 0 atom stereocenters.